The Bertz CT molecular complexity index is 2660. The van der Waals surface area contributed by atoms with Crippen LogP contribution in [0.3, 0.4) is 0 Å². The zero-order chi connectivity index (χ0) is 44.6. The molecule has 1 N–H and O–H groups in total. The third-order valence-corrected chi connectivity index (χ3v) is 18.0. The number of carbonyl (C=O) groups excluding carboxylic acids is 2. The third kappa shape index (κ3) is 7.71. The van der Waals surface area contributed by atoms with Crippen molar-refractivity contribution in [3.63, 3.8) is 0 Å². The minimum absolute atomic E-state index is 0.00374. The molecule has 3 aliphatic rings. The molecule has 0 saturated carbocycles. The van der Waals surface area contributed by atoms with E-state index in [1.54, 1.807) is 14.2 Å². The van der Waals surface area contributed by atoms with E-state index in [1.165, 1.54) is 10.2 Å². The van der Waals surface area contributed by atoms with Crippen molar-refractivity contribution in [3.05, 3.63) is 162 Å². The third-order valence-electron chi connectivity index (χ3n) is 13.6. The Labute approximate surface area is 375 Å². The van der Waals surface area contributed by atoms with E-state index in [2.05, 4.69) is 42.5 Å². The molecular formula is C51H54N6O6Si. The number of methoxy groups -OCH3 is 2. The number of anilines is 2. The highest BCUT2D eigenvalue weighted by Gasteiger charge is 2.66. The summed E-state index contributed by atoms with van der Waals surface area (Å²) in [4.78, 5) is 30.5. The Morgan fingerprint density at radius 2 is 1.55 bits per heavy atom. The van der Waals surface area contributed by atoms with Crippen LogP contribution in [0.2, 0.25) is 18.6 Å². The predicted molar refractivity (Wildman–Crippen MR) is 250 cm³/mol. The van der Waals surface area contributed by atoms with Crippen molar-refractivity contribution in [3.8, 4) is 11.5 Å². The number of aryl methyl sites for hydroxylation is 1. The first-order valence-electron chi connectivity index (χ1n) is 22.0. The van der Waals surface area contributed by atoms with Gasteiger partial charge in [-0.2, -0.15) is 5.10 Å². The van der Waals surface area contributed by atoms with Crippen LogP contribution in [-0.4, -0.2) is 72.6 Å². The molecule has 2 amide bonds. The topological polar surface area (TPSA) is 132 Å². The van der Waals surface area contributed by atoms with Gasteiger partial charge in [0.1, 0.15) is 11.5 Å². The number of rotatable bonds is 14. The number of hydrogen-bond donors (Lipinski definition) is 1. The highest BCUT2D eigenvalue weighted by Crippen LogP contribution is 2.60. The number of aliphatic hydroxyl groups is 1. The van der Waals surface area contributed by atoms with E-state index in [-0.39, 0.29) is 41.9 Å². The van der Waals surface area contributed by atoms with Crippen molar-refractivity contribution in [1.82, 2.24) is 15.0 Å². The molecule has 1 unspecified atom stereocenters. The number of aliphatic hydroxyl groups excluding tert-OH is 1. The van der Waals surface area contributed by atoms with Crippen molar-refractivity contribution >= 4 is 42.2 Å². The Morgan fingerprint density at radius 3 is 2.23 bits per heavy atom. The van der Waals surface area contributed by atoms with Crippen LogP contribution < -0.4 is 24.6 Å². The van der Waals surface area contributed by atoms with E-state index in [1.807, 2.05) is 131 Å². The lowest BCUT2D eigenvalue weighted by molar-refractivity contribution is -0.146. The predicted octanol–water partition coefficient (Wildman–Crippen LogP) is 7.80. The molecule has 9 rings (SSSR count). The van der Waals surface area contributed by atoms with Crippen LogP contribution in [-0.2, 0) is 33.0 Å². The fraction of sp³-hybridized carbons (Fsp3) is 0.314. The van der Waals surface area contributed by atoms with Gasteiger partial charge >= 0.3 is 0 Å². The van der Waals surface area contributed by atoms with Crippen LogP contribution in [0, 0.1) is 5.92 Å². The van der Waals surface area contributed by atoms with Crippen molar-refractivity contribution in [2.24, 2.45) is 11.0 Å². The van der Waals surface area contributed by atoms with Gasteiger partial charge in [0.25, 0.3) is 5.91 Å². The van der Waals surface area contributed by atoms with Crippen LogP contribution in [0.5, 0.6) is 11.5 Å². The van der Waals surface area contributed by atoms with E-state index in [4.69, 9.17) is 19.3 Å². The molecule has 3 aliphatic heterocycles. The first-order chi connectivity index (χ1) is 31.0. The fourth-order valence-electron chi connectivity index (χ4n) is 10.3. The second-order valence-corrected chi connectivity index (χ2v) is 22.2. The quantitative estimate of drug-likeness (QED) is 0.110. The van der Waals surface area contributed by atoms with E-state index >= 15 is 4.79 Å². The smallest absolute Gasteiger partial charge is 0.264 e. The van der Waals surface area contributed by atoms with Crippen LogP contribution in [0.15, 0.2) is 139 Å². The summed E-state index contributed by atoms with van der Waals surface area (Å²) in [7, 11) is 0.881. The number of nitrogens with zero attached hydrogens (tertiary/aromatic N) is 6. The van der Waals surface area contributed by atoms with Gasteiger partial charge in [0, 0.05) is 37.1 Å². The van der Waals surface area contributed by atoms with E-state index in [0.29, 0.717) is 49.5 Å². The van der Waals surface area contributed by atoms with Crippen LogP contribution in [0.4, 0.5) is 11.4 Å². The second kappa shape index (κ2) is 17.6. The SMILES string of the molecule is COc1ccc([Si](C)(C)[C@H]2[C@H](CCn3cc(C(CO)c4ccccc4)nn3)O[C@@]3(C(=O)N(Cc4ccc(N5N=C(c6ccccc6)CCC5=O)cc4)c4ccc(OC)cc43)[C@@H]2C)cc1. The van der Waals surface area contributed by atoms with Gasteiger partial charge in [-0.15, -0.1) is 5.10 Å². The lowest BCUT2D eigenvalue weighted by atomic mass is 9.82. The molecule has 5 atom stereocenters. The molecule has 5 aromatic carbocycles. The van der Waals surface area contributed by atoms with Crippen LogP contribution in [0.25, 0.3) is 0 Å². The number of carbonyl (C=O) groups is 2. The van der Waals surface area contributed by atoms with E-state index in [9.17, 15) is 9.90 Å². The number of hydrogen-bond acceptors (Lipinski definition) is 9. The fourth-order valence-corrected chi connectivity index (χ4v) is 14.3. The number of ether oxygens (including phenoxy) is 3. The average Bonchev–Trinajstić information content (AvgIpc) is 3.99. The van der Waals surface area contributed by atoms with Gasteiger partial charge in [0.05, 0.1) is 70.2 Å². The molecule has 1 spiro atoms. The first-order valence-corrected chi connectivity index (χ1v) is 25.1. The molecule has 6 aromatic rings. The first kappa shape index (κ1) is 42.9. The van der Waals surface area contributed by atoms with Crippen molar-refractivity contribution in [1.29, 1.82) is 0 Å². The molecule has 12 nitrogen and oxygen atoms in total. The van der Waals surface area contributed by atoms with Gasteiger partial charge in [0.15, 0.2) is 5.60 Å². The molecule has 13 heteroatoms. The summed E-state index contributed by atoms with van der Waals surface area (Å²) in [5, 5.41) is 26.9. The summed E-state index contributed by atoms with van der Waals surface area (Å²) < 4.78 is 20.6. The number of benzene rings is 5. The summed E-state index contributed by atoms with van der Waals surface area (Å²) in [6.45, 7) is 7.63. The Balaban J connectivity index is 1.04. The second-order valence-electron chi connectivity index (χ2n) is 17.6. The molecule has 64 heavy (non-hydrogen) atoms. The Kier molecular flexibility index (Phi) is 11.8. The monoisotopic (exact) mass is 874 g/mol. The number of aromatic nitrogens is 3. The maximum absolute atomic E-state index is 15.5. The van der Waals surface area contributed by atoms with Gasteiger partial charge in [-0.05, 0) is 71.1 Å². The molecule has 1 saturated heterocycles. The molecule has 0 bridgehead atoms. The van der Waals surface area contributed by atoms with Crippen LogP contribution >= 0.6 is 0 Å². The molecule has 4 heterocycles. The normalized spacial score (nSPS) is 21.3. The van der Waals surface area contributed by atoms with Gasteiger partial charge in [-0.3, -0.25) is 14.3 Å². The summed E-state index contributed by atoms with van der Waals surface area (Å²) in [6, 6.07) is 41.7. The Hall–Kier alpha value is -6.41. The molecular weight excluding hydrogens is 821 g/mol. The average molecular weight is 875 g/mol. The van der Waals surface area contributed by atoms with Gasteiger partial charge in [0.2, 0.25) is 5.91 Å². The maximum Gasteiger partial charge on any atom is 0.264 e. The highest BCUT2D eigenvalue weighted by molar-refractivity contribution is 6.91. The zero-order valence-electron chi connectivity index (χ0n) is 36.9. The molecule has 0 radical (unpaired) electrons. The van der Waals surface area contributed by atoms with Crippen LogP contribution in [0.1, 0.15) is 60.1 Å². The highest BCUT2D eigenvalue weighted by atomic mass is 28.3. The molecule has 1 fully saturated rings. The zero-order valence-corrected chi connectivity index (χ0v) is 37.9. The lowest BCUT2D eigenvalue weighted by Gasteiger charge is -2.37. The minimum atomic E-state index is -2.43. The number of hydrazone groups is 1. The van der Waals surface area contributed by atoms with Crippen molar-refractivity contribution in [2.75, 3.05) is 30.7 Å². The van der Waals surface area contributed by atoms with Gasteiger partial charge < -0.3 is 24.2 Å². The van der Waals surface area contributed by atoms with E-state index < -0.39 is 13.7 Å². The standard InChI is InChI=1S/C51H54N6O6Si/c1-34-49(64(4,5)41-23-20-39(61-2)21-24-41)47(28-29-55-32-45(52-54-55)42(33-58)36-12-8-6-9-13-36)63-51(34)43-30-40(62-3)22-26-46(43)56(50(51)60)31-35-16-18-38(19-17-35)57-48(59)27-25-44(53-57)37-14-10-7-11-15-37/h6-24,26,30,32,34,42,47,49,58H,25,27-29,31,33H2,1-5H3/t34-,42?,47+,49-,51+/m1/s1. The molecule has 0 aliphatic carbocycles. The van der Waals surface area contributed by atoms with Crippen molar-refractivity contribution < 1.29 is 28.9 Å². The minimum Gasteiger partial charge on any atom is -0.497 e. The molecule has 1 aromatic heterocycles. The molecule has 328 valence electrons. The lowest BCUT2D eigenvalue weighted by Crippen LogP contribution is -2.51. The summed E-state index contributed by atoms with van der Waals surface area (Å²) in [5.41, 5.74) is 5.40. The Morgan fingerprint density at radius 1 is 0.859 bits per heavy atom. The van der Waals surface area contributed by atoms with Gasteiger partial charge in [-0.1, -0.05) is 115 Å². The maximum atomic E-state index is 15.5. The van der Waals surface area contributed by atoms with Gasteiger partial charge in [-0.25, -0.2) is 5.01 Å². The number of amides is 2. The van der Waals surface area contributed by atoms with E-state index in [0.717, 1.165) is 39.4 Å². The summed E-state index contributed by atoms with van der Waals surface area (Å²) in [6.07, 6.45) is 3.13. The summed E-state index contributed by atoms with van der Waals surface area (Å²) in [5.74, 6) is 0.742. The summed E-state index contributed by atoms with van der Waals surface area (Å²) >= 11 is 0. The van der Waals surface area contributed by atoms with Crippen molar-refractivity contribution in [2.45, 2.75) is 75.5 Å². The number of fused-ring (bicyclic) bond motifs is 2. The largest absolute Gasteiger partial charge is 0.497 e.